The van der Waals surface area contributed by atoms with Gasteiger partial charge in [-0.1, -0.05) is 6.92 Å². The van der Waals surface area contributed by atoms with E-state index in [1.807, 2.05) is 13.8 Å². The molecule has 5 heteroatoms. The molecule has 0 bridgehead atoms. The molecule has 0 spiro atoms. The number of nitrogens with one attached hydrogen (secondary N) is 1. The van der Waals surface area contributed by atoms with Gasteiger partial charge in [0.25, 0.3) is 0 Å². The monoisotopic (exact) mass is 283 g/mol. The zero-order valence-corrected chi connectivity index (χ0v) is 12.6. The third-order valence-corrected chi connectivity index (χ3v) is 3.44. The summed E-state index contributed by atoms with van der Waals surface area (Å²) in [6.45, 7) is 3.91. The lowest BCUT2D eigenvalue weighted by Crippen LogP contribution is -2.41. The Kier molecular flexibility index (Phi) is 6.78. The third kappa shape index (κ3) is 4.10. The molecule has 3 N–H and O–H groups in total. The van der Waals surface area contributed by atoms with Crippen LogP contribution in [-0.4, -0.2) is 43.1 Å². The van der Waals surface area contributed by atoms with Gasteiger partial charge in [0, 0.05) is 17.6 Å². The van der Waals surface area contributed by atoms with E-state index in [0.29, 0.717) is 17.1 Å². The molecule has 0 amide bonds. The van der Waals surface area contributed by atoms with Crippen molar-refractivity contribution in [3.05, 3.63) is 23.8 Å². The molecule has 20 heavy (non-hydrogen) atoms. The van der Waals surface area contributed by atoms with E-state index < -0.39 is 6.10 Å². The van der Waals surface area contributed by atoms with Gasteiger partial charge >= 0.3 is 0 Å². The molecule has 114 valence electrons. The topological polar surface area (TPSA) is 71.0 Å². The van der Waals surface area contributed by atoms with Crippen molar-refractivity contribution in [1.82, 2.24) is 5.32 Å². The fourth-order valence-corrected chi connectivity index (χ4v) is 2.10. The predicted molar refractivity (Wildman–Crippen MR) is 78.3 cm³/mol. The van der Waals surface area contributed by atoms with E-state index in [0.717, 1.165) is 6.42 Å². The molecular weight excluding hydrogens is 258 g/mol. The molecule has 0 aliphatic heterocycles. The standard InChI is InChI=1S/C15H25NO4/c1-5-11(9-17)16-10(2)15(18)13-8-12(19-3)6-7-14(13)20-4/h6-8,10-11,15-18H,5,9H2,1-4H3. The smallest absolute Gasteiger partial charge is 0.124 e. The first-order valence-electron chi connectivity index (χ1n) is 6.84. The molecule has 3 unspecified atom stereocenters. The molecule has 0 aromatic heterocycles. The lowest BCUT2D eigenvalue weighted by Gasteiger charge is -2.26. The Morgan fingerprint density at radius 2 is 1.95 bits per heavy atom. The Bertz CT molecular complexity index is 407. The van der Waals surface area contributed by atoms with Crippen molar-refractivity contribution < 1.29 is 19.7 Å². The second-order valence-corrected chi connectivity index (χ2v) is 4.80. The minimum Gasteiger partial charge on any atom is -0.497 e. The fraction of sp³-hybridized carbons (Fsp3) is 0.600. The molecule has 0 aliphatic carbocycles. The van der Waals surface area contributed by atoms with Gasteiger partial charge < -0.3 is 25.0 Å². The average Bonchev–Trinajstić information content (AvgIpc) is 2.50. The van der Waals surface area contributed by atoms with Crippen LogP contribution < -0.4 is 14.8 Å². The Morgan fingerprint density at radius 3 is 2.45 bits per heavy atom. The Labute approximate surface area is 120 Å². The van der Waals surface area contributed by atoms with Gasteiger partial charge in [-0.25, -0.2) is 0 Å². The summed E-state index contributed by atoms with van der Waals surface area (Å²) in [5, 5.41) is 22.9. The van der Waals surface area contributed by atoms with Crippen LogP contribution in [0.25, 0.3) is 0 Å². The van der Waals surface area contributed by atoms with Crippen molar-refractivity contribution >= 4 is 0 Å². The van der Waals surface area contributed by atoms with Crippen LogP contribution in [0, 0.1) is 0 Å². The molecule has 0 heterocycles. The summed E-state index contributed by atoms with van der Waals surface area (Å²) in [4.78, 5) is 0. The van der Waals surface area contributed by atoms with Crippen LogP contribution in [-0.2, 0) is 0 Å². The molecular formula is C15H25NO4. The summed E-state index contributed by atoms with van der Waals surface area (Å²) >= 11 is 0. The van der Waals surface area contributed by atoms with Crippen LogP contribution in [0.15, 0.2) is 18.2 Å². The second kappa shape index (κ2) is 8.09. The minimum absolute atomic E-state index is 0.0312. The van der Waals surface area contributed by atoms with E-state index in [-0.39, 0.29) is 18.7 Å². The van der Waals surface area contributed by atoms with Crippen molar-refractivity contribution in [2.24, 2.45) is 0 Å². The number of aliphatic hydroxyl groups excluding tert-OH is 2. The van der Waals surface area contributed by atoms with Crippen LogP contribution >= 0.6 is 0 Å². The summed E-state index contributed by atoms with van der Waals surface area (Å²) in [5.41, 5.74) is 0.666. The molecule has 0 saturated carbocycles. The van der Waals surface area contributed by atoms with Crippen molar-refractivity contribution in [3.8, 4) is 11.5 Å². The van der Waals surface area contributed by atoms with Gasteiger partial charge in [-0.3, -0.25) is 0 Å². The zero-order valence-electron chi connectivity index (χ0n) is 12.6. The van der Waals surface area contributed by atoms with Gasteiger partial charge in [-0.15, -0.1) is 0 Å². The fourth-order valence-electron chi connectivity index (χ4n) is 2.10. The molecule has 0 aliphatic rings. The maximum absolute atomic E-state index is 10.5. The van der Waals surface area contributed by atoms with E-state index >= 15 is 0 Å². The average molecular weight is 283 g/mol. The number of ether oxygens (including phenoxy) is 2. The third-order valence-electron chi connectivity index (χ3n) is 3.44. The summed E-state index contributed by atoms with van der Waals surface area (Å²) in [5.74, 6) is 1.28. The van der Waals surface area contributed by atoms with Crippen LogP contribution in [0.1, 0.15) is 31.9 Å². The zero-order chi connectivity index (χ0) is 15.1. The number of rotatable bonds is 8. The molecule has 3 atom stereocenters. The van der Waals surface area contributed by atoms with Gasteiger partial charge in [0.15, 0.2) is 0 Å². The van der Waals surface area contributed by atoms with Gasteiger partial charge in [-0.2, -0.15) is 0 Å². The molecule has 0 saturated heterocycles. The van der Waals surface area contributed by atoms with E-state index in [2.05, 4.69) is 5.32 Å². The Hall–Kier alpha value is -1.30. The molecule has 0 fully saturated rings. The normalized spacial score (nSPS) is 15.5. The van der Waals surface area contributed by atoms with Gasteiger partial charge in [0.2, 0.25) is 0 Å². The maximum atomic E-state index is 10.5. The highest BCUT2D eigenvalue weighted by atomic mass is 16.5. The van der Waals surface area contributed by atoms with Crippen molar-refractivity contribution in [2.75, 3.05) is 20.8 Å². The summed E-state index contributed by atoms with van der Waals surface area (Å²) < 4.78 is 10.5. The van der Waals surface area contributed by atoms with Crippen LogP contribution in [0.4, 0.5) is 0 Å². The van der Waals surface area contributed by atoms with E-state index in [9.17, 15) is 10.2 Å². The number of hydrogen-bond acceptors (Lipinski definition) is 5. The van der Waals surface area contributed by atoms with E-state index in [4.69, 9.17) is 9.47 Å². The van der Waals surface area contributed by atoms with Crippen LogP contribution in [0.3, 0.4) is 0 Å². The second-order valence-electron chi connectivity index (χ2n) is 4.80. The van der Waals surface area contributed by atoms with Crippen LogP contribution in [0.2, 0.25) is 0 Å². The summed E-state index contributed by atoms with van der Waals surface area (Å²) in [7, 11) is 3.15. The maximum Gasteiger partial charge on any atom is 0.124 e. The van der Waals surface area contributed by atoms with Crippen molar-refractivity contribution in [2.45, 2.75) is 38.5 Å². The molecule has 1 rings (SSSR count). The SMILES string of the molecule is CCC(CO)NC(C)C(O)c1cc(OC)ccc1OC. The van der Waals surface area contributed by atoms with Crippen LogP contribution in [0.5, 0.6) is 11.5 Å². The highest BCUT2D eigenvalue weighted by Gasteiger charge is 2.22. The van der Waals surface area contributed by atoms with Crippen molar-refractivity contribution in [1.29, 1.82) is 0 Å². The van der Waals surface area contributed by atoms with E-state index in [1.54, 1.807) is 32.4 Å². The largest absolute Gasteiger partial charge is 0.497 e. The lowest BCUT2D eigenvalue weighted by molar-refractivity contribution is 0.116. The number of hydrogen-bond donors (Lipinski definition) is 3. The first-order valence-corrected chi connectivity index (χ1v) is 6.84. The quantitative estimate of drug-likeness (QED) is 0.674. The van der Waals surface area contributed by atoms with E-state index in [1.165, 1.54) is 0 Å². The van der Waals surface area contributed by atoms with Gasteiger partial charge in [0.05, 0.1) is 26.9 Å². The number of methoxy groups -OCH3 is 2. The van der Waals surface area contributed by atoms with Gasteiger partial charge in [0.1, 0.15) is 11.5 Å². The Balaban J connectivity index is 2.91. The number of aliphatic hydroxyl groups is 2. The summed E-state index contributed by atoms with van der Waals surface area (Å²) in [6, 6.07) is 5.08. The first kappa shape index (κ1) is 16.8. The number of benzene rings is 1. The molecule has 0 radical (unpaired) electrons. The Morgan fingerprint density at radius 1 is 1.25 bits per heavy atom. The minimum atomic E-state index is -0.749. The van der Waals surface area contributed by atoms with Crippen molar-refractivity contribution in [3.63, 3.8) is 0 Å². The lowest BCUT2D eigenvalue weighted by atomic mass is 10.0. The molecule has 1 aromatic carbocycles. The summed E-state index contributed by atoms with van der Waals surface area (Å²) in [6.07, 6.45) is 0.0451. The molecule has 1 aromatic rings. The predicted octanol–water partition coefficient (Wildman–Crippen LogP) is 1.49. The van der Waals surface area contributed by atoms with Gasteiger partial charge in [-0.05, 0) is 31.5 Å². The first-order chi connectivity index (χ1) is 9.57. The molecule has 5 nitrogen and oxygen atoms in total. The highest BCUT2D eigenvalue weighted by Crippen LogP contribution is 2.31. The highest BCUT2D eigenvalue weighted by molar-refractivity contribution is 5.42.